The zero-order chi connectivity index (χ0) is 20.8. The fraction of sp³-hybridized carbons (Fsp3) is 0.520. The van der Waals surface area contributed by atoms with Crippen LogP contribution in [0.5, 0.6) is 0 Å². The van der Waals surface area contributed by atoms with Crippen LogP contribution in [0.3, 0.4) is 0 Å². The number of hydrogen-bond acceptors (Lipinski definition) is 4. The van der Waals surface area contributed by atoms with Crippen molar-refractivity contribution in [3.63, 3.8) is 0 Å². The number of nitrogens with zero attached hydrogens (tertiary/aromatic N) is 2. The van der Waals surface area contributed by atoms with Gasteiger partial charge in [-0.05, 0) is 69.3 Å². The molecule has 0 saturated carbocycles. The molecule has 0 saturated heterocycles. The van der Waals surface area contributed by atoms with Gasteiger partial charge in [0, 0.05) is 24.6 Å². The van der Waals surface area contributed by atoms with E-state index in [-0.39, 0.29) is 24.8 Å². The van der Waals surface area contributed by atoms with Gasteiger partial charge in [0.25, 0.3) is 5.56 Å². The first-order valence-electron chi connectivity index (χ1n) is 10.7. The van der Waals surface area contributed by atoms with Gasteiger partial charge < -0.3 is 15.0 Å². The molecule has 0 radical (unpaired) electrons. The molecular weight excluding hydrogens is 374 g/mol. The molecule has 3 atom stereocenters. The monoisotopic (exact) mass is 409 g/mol. The van der Waals surface area contributed by atoms with Crippen LogP contribution in [0.25, 0.3) is 0 Å². The van der Waals surface area contributed by atoms with Gasteiger partial charge in [-0.25, -0.2) is 0 Å². The molecule has 162 valence electrons. The van der Waals surface area contributed by atoms with E-state index in [1.807, 2.05) is 24.5 Å². The first kappa shape index (κ1) is 22.4. The molecule has 2 aliphatic rings. The zero-order valence-electron chi connectivity index (χ0n) is 17.9. The Labute approximate surface area is 180 Å². The Bertz CT molecular complexity index is 1020. The summed E-state index contributed by atoms with van der Waals surface area (Å²) < 4.78 is 8.02. The van der Waals surface area contributed by atoms with Crippen LogP contribution in [0.2, 0.25) is 0 Å². The summed E-state index contributed by atoms with van der Waals surface area (Å²) >= 11 is 0. The highest BCUT2D eigenvalue weighted by atomic mass is 16.5. The predicted molar refractivity (Wildman–Crippen MR) is 124 cm³/mol. The zero-order valence-corrected chi connectivity index (χ0v) is 17.9. The van der Waals surface area contributed by atoms with Crippen LogP contribution >= 0.6 is 0 Å². The summed E-state index contributed by atoms with van der Waals surface area (Å²) in [4.78, 5) is 18.4. The van der Waals surface area contributed by atoms with E-state index in [0.29, 0.717) is 19.7 Å². The van der Waals surface area contributed by atoms with Crippen molar-refractivity contribution in [2.24, 2.45) is 16.6 Å². The summed E-state index contributed by atoms with van der Waals surface area (Å²) in [5.74, 6) is 0.479. The van der Waals surface area contributed by atoms with Crippen molar-refractivity contribution in [1.29, 1.82) is 0 Å². The molecule has 1 aromatic heterocycles. The van der Waals surface area contributed by atoms with Gasteiger partial charge >= 0.3 is 0 Å². The van der Waals surface area contributed by atoms with Gasteiger partial charge in [0.1, 0.15) is 0 Å². The molecule has 0 aliphatic carbocycles. The second-order valence-electron chi connectivity index (χ2n) is 8.35. The average molecular weight is 410 g/mol. The van der Waals surface area contributed by atoms with Crippen LogP contribution in [-0.4, -0.2) is 23.4 Å². The van der Waals surface area contributed by atoms with Gasteiger partial charge in [0.05, 0.1) is 22.7 Å². The molecule has 5 heteroatoms. The van der Waals surface area contributed by atoms with Gasteiger partial charge in [-0.2, -0.15) is 0 Å². The van der Waals surface area contributed by atoms with Crippen molar-refractivity contribution in [1.82, 2.24) is 4.57 Å². The maximum absolute atomic E-state index is 13.4. The van der Waals surface area contributed by atoms with Crippen molar-refractivity contribution in [3.8, 4) is 0 Å². The molecule has 4 rings (SSSR count). The lowest BCUT2D eigenvalue weighted by atomic mass is 9.78. The second kappa shape index (κ2) is 8.48. The first-order chi connectivity index (χ1) is 13.9. The van der Waals surface area contributed by atoms with Gasteiger partial charge in [-0.1, -0.05) is 32.5 Å². The van der Waals surface area contributed by atoms with Crippen LogP contribution in [0, 0.1) is 12.8 Å². The lowest BCUT2D eigenvalue weighted by Gasteiger charge is -2.31. The summed E-state index contributed by atoms with van der Waals surface area (Å²) in [6.07, 6.45) is 1.69. The Hall–Kier alpha value is -2.24. The molecule has 2 N–H and O–H groups in total. The molecular formula is C25H35N3O2. The number of aliphatic imine (C=N–C) groups is 1. The van der Waals surface area contributed by atoms with E-state index in [4.69, 9.17) is 15.5 Å². The predicted octanol–water partition coefficient (Wildman–Crippen LogP) is 4.65. The molecule has 0 bridgehead atoms. The van der Waals surface area contributed by atoms with E-state index in [1.54, 1.807) is 0 Å². The molecule has 1 aromatic carbocycles. The molecule has 0 amide bonds. The summed E-state index contributed by atoms with van der Waals surface area (Å²) in [5.41, 5.74) is 11.5. The third kappa shape index (κ3) is 3.34. The molecule has 0 spiro atoms. The number of rotatable bonds is 6. The minimum atomic E-state index is -0.477. The quantitative estimate of drug-likeness (QED) is 0.755. The second-order valence-corrected chi connectivity index (χ2v) is 8.35. The van der Waals surface area contributed by atoms with Gasteiger partial charge in [0.2, 0.25) is 0 Å². The Balaban J connectivity index is 0.00000256. The van der Waals surface area contributed by atoms with E-state index in [2.05, 4.69) is 38.1 Å². The summed E-state index contributed by atoms with van der Waals surface area (Å²) in [7, 11) is 0. The Kier molecular flexibility index (Phi) is 6.34. The minimum Gasteiger partial charge on any atom is -0.371 e. The third-order valence-corrected chi connectivity index (χ3v) is 6.78. The van der Waals surface area contributed by atoms with Crippen LogP contribution in [0.4, 0.5) is 5.69 Å². The van der Waals surface area contributed by atoms with Crippen molar-refractivity contribution < 1.29 is 4.74 Å². The van der Waals surface area contributed by atoms with Crippen molar-refractivity contribution in [2.45, 2.75) is 66.0 Å². The number of hydrogen-bond donors (Lipinski definition) is 1. The van der Waals surface area contributed by atoms with E-state index < -0.39 is 5.60 Å². The number of fused-ring (bicyclic) bond motifs is 4. The minimum absolute atomic E-state index is 0. The third-order valence-electron chi connectivity index (χ3n) is 6.78. The number of benzene rings is 1. The lowest BCUT2D eigenvalue weighted by molar-refractivity contribution is -0.0329. The van der Waals surface area contributed by atoms with Crippen LogP contribution < -0.4 is 11.3 Å². The van der Waals surface area contributed by atoms with Gasteiger partial charge in [-0.15, -0.1) is 0 Å². The molecule has 3 heterocycles. The molecule has 30 heavy (non-hydrogen) atoms. The summed E-state index contributed by atoms with van der Waals surface area (Å²) in [6.45, 7) is 10.0. The van der Waals surface area contributed by atoms with E-state index in [9.17, 15) is 4.79 Å². The van der Waals surface area contributed by atoms with Crippen LogP contribution in [0.15, 0.2) is 40.1 Å². The van der Waals surface area contributed by atoms with Crippen molar-refractivity contribution in [3.05, 3.63) is 63.1 Å². The molecule has 0 fully saturated rings. The molecule has 5 nitrogen and oxygen atoms in total. The average Bonchev–Trinajstić information content (AvgIpc) is 3.09. The number of ether oxygens (including phenoxy) is 1. The fourth-order valence-corrected chi connectivity index (χ4v) is 5.10. The van der Waals surface area contributed by atoms with E-state index in [0.717, 1.165) is 41.1 Å². The normalized spacial score (nSPS) is 21.0. The largest absolute Gasteiger partial charge is 0.371 e. The molecule has 2 aromatic rings. The summed E-state index contributed by atoms with van der Waals surface area (Å²) in [6, 6.07) is 10.5. The number of aromatic nitrogens is 1. The van der Waals surface area contributed by atoms with Crippen molar-refractivity contribution in [2.75, 3.05) is 13.2 Å². The standard InChI is InChI=1S/C24H31N3O2.CH4/c1-5-24(4,29-6-2)19-13-21-22-18(14-27(21)23(28)15(19)3)16(11-12-25)17-9-7-8-10-20(17)26-22;/h7-10,13,16,18H,5-6,11-12,14,25H2,1-4H3;1H4. The fourth-order valence-electron chi connectivity index (χ4n) is 5.10. The SMILES string of the molecule is C.CCOC(C)(CC)c1cc2n(c(=O)c1C)CC1C2=Nc2ccccc2C1CCN. The maximum atomic E-state index is 13.4. The van der Waals surface area contributed by atoms with E-state index >= 15 is 0 Å². The Morgan fingerprint density at radius 1 is 1.30 bits per heavy atom. The van der Waals surface area contributed by atoms with Gasteiger partial charge in [0.15, 0.2) is 0 Å². The van der Waals surface area contributed by atoms with Crippen LogP contribution in [0.1, 0.15) is 69.3 Å². The Morgan fingerprint density at radius 3 is 2.70 bits per heavy atom. The number of para-hydroxylation sites is 1. The first-order valence-corrected chi connectivity index (χ1v) is 10.7. The van der Waals surface area contributed by atoms with Gasteiger partial charge in [-0.3, -0.25) is 9.79 Å². The molecule has 2 aliphatic heterocycles. The smallest absolute Gasteiger partial charge is 0.254 e. The topological polar surface area (TPSA) is 69.6 Å². The molecule has 3 unspecified atom stereocenters. The highest BCUT2D eigenvalue weighted by Gasteiger charge is 2.41. The number of nitrogens with two attached hydrogens (primary N) is 1. The summed E-state index contributed by atoms with van der Waals surface area (Å²) in [5, 5.41) is 0. The van der Waals surface area contributed by atoms with Crippen molar-refractivity contribution >= 4 is 11.4 Å². The maximum Gasteiger partial charge on any atom is 0.254 e. The van der Waals surface area contributed by atoms with E-state index in [1.165, 1.54) is 5.56 Å². The highest BCUT2D eigenvalue weighted by molar-refractivity contribution is 6.06. The highest BCUT2D eigenvalue weighted by Crippen LogP contribution is 2.45. The lowest BCUT2D eigenvalue weighted by Crippen LogP contribution is -2.32. The van der Waals surface area contributed by atoms with Crippen LogP contribution in [-0.2, 0) is 16.9 Å². The Morgan fingerprint density at radius 2 is 2.03 bits per heavy atom. The number of pyridine rings is 1.